The van der Waals surface area contributed by atoms with E-state index in [9.17, 15) is 9.59 Å². The lowest BCUT2D eigenvalue weighted by molar-refractivity contribution is -0.136. The second kappa shape index (κ2) is 6.78. The summed E-state index contributed by atoms with van der Waals surface area (Å²) in [6.45, 7) is 2.75. The minimum atomic E-state index is -0.940. The van der Waals surface area contributed by atoms with Crippen LogP contribution < -0.4 is 10.2 Å². The molecule has 6 heteroatoms. The summed E-state index contributed by atoms with van der Waals surface area (Å²) in [6.07, 6.45) is 2.36. The van der Waals surface area contributed by atoms with Crippen molar-refractivity contribution in [2.75, 3.05) is 11.4 Å². The number of hydrogen-bond donors (Lipinski definition) is 2. The number of nitrogens with zero attached hydrogens (tertiary/aromatic N) is 1. The van der Waals surface area contributed by atoms with E-state index in [-0.39, 0.29) is 18.9 Å². The molecule has 2 heterocycles. The number of aliphatic carboxylic acids is 1. The number of para-hydroxylation sites is 1. The number of furan rings is 1. The van der Waals surface area contributed by atoms with Crippen molar-refractivity contribution in [1.29, 1.82) is 0 Å². The average molecular weight is 328 g/mol. The molecule has 3 rings (SSSR count). The Bertz CT molecular complexity index is 753. The first-order valence-corrected chi connectivity index (χ1v) is 7.97. The first kappa shape index (κ1) is 16.1. The van der Waals surface area contributed by atoms with Gasteiger partial charge in [-0.3, -0.25) is 9.59 Å². The maximum atomic E-state index is 12.2. The fourth-order valence-corrected chi connectivity index (χ4v) is 3.07. The number of hydrogen-bond acceptors (Lipinski definition) is 4. The number of anilines is 1. The fourth-order valence-electron chi connectivity index (χ4n) is 3.07. The maximum Gasteiger partial charge on any atom is 0.305 e. The summed E-state index contributed by atoms with van der Waals surface area (Å²) in [5.41, 5.74) is 2.92. The minimum Gasteiger partial charge on any atom is -0.481 e. The van der Waals surface area contributed by atoms with Gasteiger partial charge in [0.05, 0.1) is 24.8 Å². The van der Waals surface area contributed by atoms with Gasteiger partial charge in [-0.1, -0.05) is 18.2 Å². The summed E-state index contributed by atoms with van der Waals surface area (Å²) in [5.74, 6) is -0.656. The van der Waals surface area contributed by atoms with Gasteiger partial charge in [0.15, 0.2) is 0 Å². The van der Waals surface area contributed by atoms with Gasteiger partial charge in [-0.15, -0.1) is 0 Å². The van der Waals surface area contributed by atoms with Crippen LogP contribution in [0.5, 0.6) is 0 Å². The molecule has 0 aliphatic carbocycles. The van der Waals surface area contributed by atoms with Gasteiger partial charge in [0.2, 0.25) is 0 Å². The second-order valence-electron chi connectivity index (χ2n) is 5.97. The number of rotatable bonds is 6. The molecule has 0 spiro atoms. The van der Waals surface area contributed by atoms with Crippen LogP contribution in [0.15, 0.2) is 41.0 Å². The van der Waals surface area contributed by atoms with Gasteiger partial charge in [0.25, 0.3) is 5.91 Å². The molecule has 24 heavy (non-hydrogen) atoms. The van der Waals surface area contributed by atoms with Crippen LogP contribution in [-0.2, 0) is 17.8 Å². The Labute approximate surface area is 140 Å². The van der Waals surface area contributed by atoms with Gasteiger partial charge in [0.1, 0.15) is 5.76 Å². The summed E-state index contributed by atoms with van der Waals surface area (Å²) in [4.78, 5) is 25.0. The average Bonchev–Trinajstić information content (AvgIpc) is 3.12. The van der Waals surface area contributed by atoms with E-state index in [4.69, 9.17) is 9.52 Å². The van der Waals surface area contributed by atoms with Crippen molar-refractivity contribution >= 4 is 17.6 Å². The quantitative estimate of drug-likeness (QED) is 0.851. The standard InChI is InChI=1S/C18H20N2O4/c1-12-10-13-4-2-3-5-15(13)20(12)11-16-14(7-9-24-16)18(23)19-8-6-17(21)22/h2-5,7,9,12H,6,8,10-11H2,1H3,(H,19,23)(H,21,22). The highest BCUT2D eigenvalue weighted by atomic mass is 16.4. The molecule has 2 N–H and O–H groups in total. The molecule has 0 bridgehead atoms. The predicted octanol–water partition coefficient (Wildman–Crippen LogP) is 2.44. The Morgan fingerprint density at radius 3 is 2.92 bits per heavy atom. The molecule has 1 atom stereocenters. The lowest BCUT2D eigenvalue weighted by atomic mass is 10.1. The number of nitrogens with one attached hydrogen (secondary N) is 1. The molecule has 1 aromatic heterocycles. The van der Waals surface area contributed by atoms with Crippen LogP contribution in [0.1, 0.15) is 35.0 Å². The largest absolute Gasteiger partial charge is 0.481 e. The molecule has 6 nitrogen and oxygen atoms in total. The number of benzene rings is 1. The van der Waals surface area contributed by atoms with E-state index < -0.39 is 5.97 Å². The number of fused-ring (bicyclic) bond motifs is 1. The van der Waals surface area contributed by atoms with Crippen molar-refractivity contribution in [3.63, 3.8) is 0 Å². The van der Waals surface area contributed by atoms with Crippen LogP contribution in [0.4, 0.5) is 5.69 Å². The van der Waals surface area contributed by atoms with Crippen LogP contribution in [0.3, 0.4) is 0 Å². The molecule has 1 aromatic carbocycles. The van der Waals surface area contributed by atoms with Crippen LogP contribution >= 0.6 is 0 Å². The Balaban J connectivity index is 1.72. The Hall–Kier alpha value is -2.76. The maximum absolute atomic E-state index is 12.2. The predicted molar refractivity (Wildman–Crippen MR) is 89.1 cm³/mol. The Morgan fingerprint density at radius 2 is 2.12 bits per heavy atom. The van der Waals surface area contributed by atoms with Gasteiger partial charge in [0, 0.05) is 18.3 Å². The number of carboxylic acid groups (broad SMARTS) is 1. The molecular formula is C18H20N2O4. The third-order valence-corrected chi connectivity index (χ3v) is 4.28. The normalized spacial score (nSPS) is 16.0. The van der Waals surface area contributed by atoms with E-state index in [0.717, 1.165) is 6.42 Å². The highest BCUT2D eigenvalue weighted by molar-refractivity contribution is 5.95. The third-order valence-electron chi connectivity index (χ3n) is 4.28. The van der Waals surface area contributed by atoms with E-state index in [1.807, 2.05) is 12.1 Å². The molecule has 0 saturated carbocycles. The molecule has 0 saturated heterocycles. The van der Waals surface area contributed by atoms with Crippen molar-refractivity contribution in [2.45, 2.75) is 32.4 Å². The molecule has 2 aromatic rings. The molecule has 1 unspecified atom stereocenters. The summed E-state index contributed by atoms with van der Waals surface area (Å²) < 4.78 is 5.52. The number of carboxylic acids is 1. The van der Waals surface area contributed by atoms with Gasteiger partial charge < -0.3 is 19.7 Å². The van der Waals surface area contributed by atoms with Crippen molar-refractivity contribution in [3.05, 3.63) is 53.5 Å². The van der Waals surface area contributed by atoms with Crippen LogP contribution in [0.25, 0.3) is 0 Å². The van der Waals surface area contributed by atoms with E-state index in [2.05, 4.69) is 29.3 Å². The number of amides is 1. The van der Waals surface area contributed by atoms with Crippen molar-refractivity contribution in [1.82, 2.24) is 5.32 Å². The van der Waals surface area contributed by atoms with Gasteiger partial charge >= 0.3 is 5.97 Å². The van der Waals surface area contributed by atoms with E-state index in [0.29, 0.717) is 23.9 Å². The smallest absolute Gasteiger partial charge is 0.305 e. The monoisotopic (exact) mass is 328 g/mol. The highest BCUT2D eigenvalue weighted by Gasteiger charge is 2.27. The molecule has 0 radical (unpaired) electrons. The fraction of sp³-hybridized carbons (Fsp3) is 0.333. The van der Waals surface area contributed by atoms with E-state index in [1.165, 1.54) is 17.5 Å². The molecule has 1 aliphatic rings. The first-order chi connectivity index (χ1) is 11.6. The van der Waals surface area contributed by atoms with Gasteiger partial charge in [-0.25, -0.2) is 0 Å². The summed E-state index contributed by atoms with van der Waals surface area (Å²) >= 11 is 0. The summed E-state index contributed by atoms with van der Waals surface area (Å²) in [6, 6.07) is 10.2. The zero-order chi connectivity index (χ0) is 17.1. The van der Waals surface area contributed by atoms with Crippen LogP contribution in [-0.4, -0.2) is 29.6 Å². The second-order valence-corrected chi connectivity index (χ2v) is 5.97. The molecule has 1 amide bonds. The number of carbonyl (C=O) groups excluding carboxylic acids is 1. The number of carbonyl (C=O) groups is 2. The Morgan fingerprint density at radius 1 is 1.33 bits per heavy atom. The lowest BCUT2D eigenvalue weighted by Gasteiger charge is -2.24. The van der Waals surface area contributed by atoms with Crippen molar-refractivity contribution in [3.8, 4) is 0 Å². The SMILES string of the molecule is CC1Cc2ccccc2N1Cc1occc1C(=O)NCCC(=O)O. The topological polar surface area (TPSA) is 82.8 Å². The minimum absolute atomic E-state index is 0.0989. The third kappa shape index (κ3) is 3.27. The lowest BCUT2D eigenvalue weighted by Crippen LogP contribution is -2.31. The van der Waals surface area contributed by atoms with Gasteiger partial charge in [-0.2, -0.15) is 0 Å². The zero-order valence-electron chi connectivity index (χ0n) is 13.5. The van der Waals surface area contributed by atoms with Gasteiger partial charge in [-0.05, 0) is 31.0 Å². The highest BCUT2D eigenvalue weighted by Crippen LogP contribution is 2.33. The molecule has 1 aliphatic heterocycles. The summed E-state index contributed by atoms with van der Waals surface area (Å²) in [5, 5.41) is 11.3. The van der Waals surface area contributed by atoms with Crippen molar-refractivity contribution in [2.24, 2.45) is 0 Å². The van der Waals surface area contributed by atoms with E-state index in [1.54, 1.807) is 6.07 Å². The first-order valence-electron chi connectivity index (χ1n) is 7.97. The van der Waals surface area contributed by atoms with Crippen LogP contribution in [0, 0.1) is 0 Å². The van der Waals surface area contributed by atoms with Crippen molar-refractivity contribution < 1.29 is 19.1 Å². The summed E-state index contributed by atoms with van der Waals surface area (Å²) in [7, 11) is 0. The van der Waals surface area contributed by atoms with Crippen LogP contribution in [0.2, 0.25) is 0 Å². The molecule has 0 fully saturated rings. The molecule has 126 valence electrons. The Kier molecular flexibility index (Phi) is 4.55. The zero-order valence-corrected chi connectivity index (χ0v) is 13.5. The van der Waals surface area contributed by atoms with E-state index >= 15 is 0 Å². The molecular weight excluding hydrogens is 308 g/mol.